The van der Waals surface area contributed by atoms with Crippen molar-refractivity contribution in [1.82, 2.24) is 9.55 Å². The molecule has 0 spiro atoms. The predicted molar refractivity (Wildman–Crippen MR) is 316 cm³/mol. The van der Waals surface area contributed by atoms with Crippen LogP contribution in [0.25, 0.3) is 27.6 Å². The maximum absolute atomic E-state index is 7.29. The van der Waals surface area contributed by atoms with Crippen molar-refractivity contribution in [2.45, 2.75) is 143 Å². The van der Waals surface area contributed by atoms with Crippen molar-refractivity contribution in [1.29, 1.82) is 0 Å². The van der Waals surface area contributed by atoms with E-state index in [0.29, 0.717) is 11.5 Å². The van der Waals surface area contributed by atoms with Crippen LogP contribution >= 0.6 is 0 Å². The van der Waals surface area contributed by atoms with Crippen LogP contribution in [0.4, 0.5) is 22.7 Å². The monoisotopic (exact) mass is 1180 g/mol. The molecule has 3 heterocycles. The second-order valence-electron chi connectivity index (χ2n) is 26.1. The van der Waals surface area contributed by atoms with E-state index in [1.807, 2.05) is 6.20 Å². The summed E-state index contributed by atoms with van der Waals surface area (Å²) in [7, 11) is 0. The fraction of sp³-hybridized carbons (Fsp3) is 0.314. The Morgan fingerprint density at radius 3 is 1.61 bits per heavy atom. The number of nitrogens with zero attached hydrogens (tertiary/aromatic N) is 4. The molecular weight excluding hydrogens is 1110 g/mol. The van der Waals surface area contributed by atoms with Crippen molar-refractivity contribution < 1.29 is 25.8 Å². The van der Waals surface area contributed by atoms with Gasteiger partial charge in [-0.15, -0.1) is 53.8 Å². The van der Waals surface area contributed by atoms with E-state index in [4.69, 9.17) is 9.72 Å². The third-order valence-corrected chi connectivity index (χ3v) is 15.7. The van der Waals surface area contributed by atoms with Crippen molar-refractivity contribution in [3.63, 3.8) is 0 Å². The smallest absolute Gasteiger partial charge is 0.135 e. The van der Waals surface area contributed by atoms with Crippen LogP contribution in [0.3, 0.4) is 0 Å². The second-order valence-corrected chi connectivity index (χ2v) is 26.1. The van der Waals surface area contributed by atoms with Gasteiger partial charge in [0.05, 0.1) is 0 Å². The molecule has 0 fully saturated rings. The normalized spacial score (nSPS) is 13.6. The largest absolute Gasteiger partial charge is 0.509 e. The summed E-state index contributed by atoms with van der Waals surface area (Å²) in [5, 5.41) is 2.32. The van der Waals surface area contributed by atoms with E-state index in [1.165, 1.54) is 38.9 Å². The molecule has 6 heteroatoms. The molecule has 0 bridgehead atoms. The van der Waals surface area contributed by atoms with Gasteiger partial charge in [0, 0.05) is 66.8 Å². The Morgan fingerprint density at radius 1 is 0.447 bits per heavy atom. The van der Waals surface area contributed by atoms with Gasteiger partial charge >= 0.3 is 0 Å². The van der Waals surface area contributed by atoms with Crippen LogP contribution in [0.1, 0.15) is 155 Å². The first-order valence-corrected chi connectivity index (χ1v) is 26.8. The van der Waals surface area contributed by atoms with Crippen molar-refractivity contribution in [3.05, 3.63) is 221 Å². The average molecular weight is 1180 g/mol. The molecule has 394 valence electrons. The number of fused-ring (bicyclic) bond motifs is 4. The fourth-order valence-corrected chi connectivity index (χ4v) is 10.7. The van der Waals surface area contributed by atoms with Crippen LogP contribution in [0.15, 0.2) is 158 Å². The Kier molecular flexibility index (Phi) is 14.0. The SMILES string of the molecule is CC(C)(C)c1cc(N2[CH-]N(c3[c-]c(Oc4[c-]c5c(c(C(C)(C)C)c4)c4ccccc4n5-c4cc(C(C)(C)C)ccn4)cc(C(C)(C)c4ccccc4)c3)c3cc(C(C)(C)C)ccc32)cc(C(C)(C)c2ccccc2)c1.[Pt]. The Morgan fingerprint density at radius 2 is 1.00 bits per heavy atom. The Bertz CT molecular complexity index is 3600. The van der Waals surface area contributed by atoms with Crippen molar-refractivity contribution in [2.24, 2.45) is 0 Å². The first kappa shape index (κ1) is 54.4. The Balaban J connectivity index is 0.00000706. The first-order valence-electron chi connectivity index (χ1n) is 26.8. The molecule has 76 heavy (non-hydrogen) atoms. The molecule has 5 nitrogen and oxygen atoms in total. The average Bonchev–Trinajstić information content (AvgIpc) is 3.97. The molecule has 0 atom stereocenters. The minimum absolute atomic E-state index is 0. The van der Waals surface area contributed by atoms with E-state index in [-0.39, 0.29) is 48.1 Å². The molecular formula is C70H75N4OPt-3. The predicted octanol–water partition coefficient (Wildman–Crippen LogP) is 18.8. The van der Waals surface area contributed by atoms with Gasteiger partial charge in [-0.05, 0) is 108 Å². The van der Waals surface area contributed by atoms with Crippen LogP contribution in [0, 0.1) is 18.8 Å². The number of pyridine rings is 1. The van der Waals surface area contributed by atoms with Crippen LogP contribution in [0.5, 0.6) is 11.5 Å². The molecule has 0 amide bonds. The Hall–Kier alpha value is -6.42. The molecule has 9 aromatic rings. The molecule has 0 aliphatic carbocycles. The molecule has 7 aromatic carbocycles. The number of para-hydroxylation sites is 1. The zero-order valence-corrected chi connectivity index (χ0v) is 49.9. The number of aromatic nitrogens is 2. The third kappa shape index (κ3) is 10.2. The maximum atomic E-state index is 7.29. The molecule has 0 radical (unpaired) electrons. The van der Waals surface area contributed by atoms with Crippen LogP contribution in [-0.2, 0) is 53.6 Å². The van der Waals surface area contributed by atoms with E-state index in [9.17, 15) is 0 Å². The minimum atomic E-state index is -0.405. The van der Waals surface area contributed by atoms with E-state index >= 15 is 0 Å². The molecule has 0 unspecified atom stereocenters. The summed E-state index contributed by atoms with van der Waals surface area (Å²) < 4.78 is 9.55. The topological polar surface area (TPSA) is 33.5 Å². The summed E-state index contributed by atoms with van der Waals surface area (Å²) in [6.07, 6.45) is 1.93. The van der Waals surface area contributed by atoms with Crippen molar-refractivity contribution >= 4 is 44.6 Å². The number of ether oxygens (including phenoxy) is 1. The number of anilines is 4. The van der Waals surface area contributed by atoms with Gasteiger partial charge in [-0.1, -0.05) is 213 Å². The van der Waals surface area contributed by atoms with Crippen LogP contribution < -0.4 is 14.5 Å². The van der Waals surface area contributed by atoms with Crippen molar-refractivity contribution in [2.75, 3.05) is 9.80 Å². The number of benzene rings is 7. The summed E-state index contributed by atoms with van der Waals surface area (Å²) in [5.41, 5.74) is 14.8. The van der Waals surface area contributed by atoms with Gasteiger partial charge in [0.15, 0.2) is 0 Å². The minimum Gasteiger partial charge on any atom is -0.509 e. The molecule has 2 aromatic heterocycles. The molecule has 0 N–H and O–H groups in total. The standard InChI is InChI=1S/C70H75N4O.Pt/c1-65(2,3)48-31-32-60-61(40-48)73(45-72(60)53-36-50(67(7,8)9)35-51(37-53)69(13,14)46-25-19-17-20-26-46)54-38-52(70(15,16)47-27-21-18-22-28-47)39-55(42-54)75-56-43-58(68(10,11)12)64-57-29-23-24-30-59(57)74(62(64)44-56)63-41-49(33-34-71-63)66(4,5)6;/h17-41,43,45H,1-16H3;/q-3;. The Labute approximate surface area is 468 Å². The summed E-state index contributed by atoms with van der Waals surface area (Å²) in [6.45, 7) is 39.0. The van der Waals surface area contributed by atoms with E-state index in [1.54, 1.807) is 0 Å². The number of hydrogen-bond donors (Lipinski definition) is 0. The summed E-state index contributed by atoms with van der Waals surface area (Å²) in [6, 6.07) is 63.3. The van der Waals surface area contributed by atoms with Gasteiger partial charge in [0.1, 0.15) is 5.82 Å². The molecule has 0 saturated heterocycles. The summed E-state index contributed by atoms with van der Waals surface area (Å²) in [4.78, 5) is 9.73. The zero-order chi connectivity index (χ0) is 53.6. The first-order chi connectivity index (χ1) is 35.2. The van der Waals surface area contributed by atoms with E-state index < -0.39 is 5.41 Å². The van der Waals surface area contributed by atoms with E-state index in [2.05, 4.69) is 296 Å². The quantitative estimate of drug-likeness (QED) is 0.135. The van der Waals surface area contributed by atoms with Gasteiger partial charge in [-0.2, -0.15) is 0 Å². The summed E-state index contributed by atoms with van der Waals surface area (Å²) in [5.74, 6) is 2.09. The second kappa shape index (κ2) is 19.5. The summed E-state index contributed by atoms with van der Waals surface area (Å²) >= 11 is 0. The van der Waals surface area contributed by atoms with Crippen molar-refractivity contribution in [3.8, 4) is 17.3 Å². The molecule has 1 aliphatic heterocycles. The van der Waals surface area contributed by atoms with Gasteiger partial charge in [-0.3, -0.25) is 0 Å². The van der Waals surface area contributed by atoms with Gasteiger partial charge in [0.25, 0.3) is 0 Å². The third-order valence-electron chi connectivity index (χ3n) is 15.7. The van der Waals surface area contributed by atoms with Gasteiger partial charge < -0.3 is 19.1 Å². The maximum Gasteiger partial charge on any atom is 0.135 e. The number of hydrogen-bond acceptors (Lipinski definition) is 4. The van der Waals surface area contributed by atoms with E-state index in [0.717, 1.165) is 55.9 Å². The zero-order valence-electron chi connectivity index (χ0n) is 47.6. The van der Waals surface area contributed by atoms with Crippen LogP contribution in [0.2, 0.25) is 0 Å². The molecule has 10 rings (SSSR count). The van der Waals surface area contributed by atoms with Gasteiger partial charge in [0.2, 0.25) is 0 Å². The molecule has 1 aliphatic rings. The molecule has 0 saturated carbocycles. The fourth-order valence-electron chi connectivity index (χ4n) is 10.7. The van der Waals surface area contributed by atoms with Crippen LogP contribution in [-0.4, -0.2) is 9.55 Å². The van der Waals surface area contributed by atoms with Gasteiger partial charge in [-0.25, -0.2) is 4.98 Å². The number of rotatable bonds is 9.